The zero-order chi connectivity index (χ0) is 14.1. The maximum absolute atomic E-state index is 9.74. The van der Waals surface area contributed by atoms with Crippen LogP contribution in [0.5, 0.6) is 5.75 Å². The molecule has 1 aromatic carbocycles. The van der Waals surface area contributed by atoms with Crippen LogP contribution in [0.15, 0.2) is 18.2 Å². The zero-order valence-electron chi connectivity index (χ0n) is 11.5. The van der Waals surface area contributed by atoms with E-state index in [9.17, 15) is 5.11 Å². The lowest BCUT2D eigenvalue weighted by Crippen LogP contribution is -2.33. The summed E-state index contributed by atoms with van der Waals surface area (Å²) in [6, 6.07) is 5.54. The van der Waals surface area contributed by atoms with Crippen molar-refractivity contribution < 1.29 is 14.6 Å². The molecule has 1 rings (SSSR count). The Morgan fingerprint density at radius 2 is 2.21 bits per heavy atom. The fourth-order valence-corrected chi connectivity index (χ4v) is 1.86. The molecule has 0 heterocycles. The van der Waals surface area contributed by atoms with Gasteiger partial charge < -0.3 is 19.9 Å². The summed E-state index contributed by atoms with van der Waals surface area (Å²) in [4.78, 5) is 0. The van der Waals surface area contributed by atoms with Crippen molar-refractivity contribution in [2.45, 2.75) is 19.4 Å². The molecule has 4 nitrogen and oxygen atoms in total. The van der Waals surface area contributed by atoms with Gasteiger partial charge in [-0.25, -0.2) is 0 Å². The molecule has 0 aromatic heterocycles. The molecule has 1 aromatic rings. The summed E-state index contributed by atoms with van der Waals surface area (Å²) in [6.07, 6.45) is 0.314. The minimum atomic E-state index is -0.544. The van der Waals surface area contributed by atoms with E-state index in [1.165, 1.54) is 0 Å². The van der Waals surface area contributed by atoms with E-state index in [1.807, 2.05) is 25.1 Å². The SMILES string of the molecule is CCc1cc(OCC(O)CNCCOC)ccc1Cl. The van der Waals surface area contributed by atoms with Crippen molar-refractivity contribution in [3.8, 4) is 5.75 Å². The molecule has 0 spiro atoms. The molecule has 0 fully saturated rings. The molecule has 0 amide bonds. The molecule has 2 N–H and O–H groups in total. The Balaban J connectivity index is 2.31. The number of aryl methyl sites for hydroxylation is 1. The van der Waals surface area contributed by atoms with Crippen molar-refractivity contribution in [3.63, 3.8) is 0 Å². The second-order valence-corrected chi connectivity index (χ2v) is 4.68. The van der Waals surface area contributed by atoms with Crippen LogP contribution in [0.25, 0.3) is 0 Å². The van der Waals surface area contributed by atoms with Gasteiger partial charge in [0.2, 0.25) is 0 Å². The number of halogens is 1. The smallest absolute Gasteiger partial charge is 0.119 e. The van der Waals surface area contributed by atoms with E-state index in [4.69, 9.17) is 21.1 Å². The summed E-state index contributed by atoms with van der Waals surface area (Å²) < 4.78 is 10.4. The van der Waals surface area contributed by atoms with Crippen LogP contribution in [0.3, 0.4) is 0 Å². The van der Waals surface area contributed by atoms with Gasteiger partial charge in [-0.15, -0.1) is 0 Å². The van der Waals surface area contributed by atoms with E-state index in [2.05, 4.69) is 5.32 Å². The lowest BCUT2D eigenvalue weighted by Gasteiger charge is -2.14. The summed E-state index contributed by atoms with van der Waals surface area (Å²) in [5.41, 5.74) is 1.05. The van der Waals surface area contributed by atoms with Crippen molar-refractivity contribution in [1.82, 2.24) is 5.32 Å². The molecule has 0 saturated heterocycles. The van der Waals surface area contributed by atoms with Gasteiger partial charge in [-0.05, 0) is 30.2 Å². The number of rotatable bonds is 9. The largest absolute Gasteiger partial charge is 0.491 e. The predicted molar refractivity (Wildman–Crippen MR) is 77.1 cm³/mol. The Morgan fingerprint density at radius 1 is 1.42 bits per heavy atom. The third-order valence-corrected chi connectivity index (χ3v) is 3.07. The van der Waals surface area contributed by atoms with Crippen LogP contribution < -0.4 is 10.1 Å². The van der Waals surface area contributed by atoms with Crippen LogP contribution in [0.1, 0.15) is 12.5 Å². The quantitative estimate of drug-likeness (QED) is 0.681. The van der Waals surface area contributed by atoms with Gasteiger partial charge in [-0.2, -0.15) is 0 Å². The van der Waals surface area contributed by atoms with Crippen LogP contribution in [0, 0.1) is 0 Å². The number of aliphatic hydroxyl groups excluding tert-OH is 1. The van der Waals surface area contributed by atoms with Crippen molar-refractivity contribution >= 4 is 11.6 Å². The molecule has 0 aliphatic carbocycles. The van der Waals surface area contributed by atoms with Gasteiger partial charge in [0.15, 0.2) is 0 Å². The molecule has 0 aliphatic rings. The van der Waals surface area contributed by atoms with Gasteiger partial charge >= 0.3 is 0 Å². The van der Waals surface area contributed by atoms with Gasteiger partial charge in [0.25, 0.3) is 0 Å². The summed E-state index contributed by atoms with van der Waals surface area (Å²) in [5, 5.41) is 13.6. The highest BCUT2D eigenvalue weighted by atomic mass is 35.5. The van der Waals surface area contributed by atoms with Crippen molar-refractivity contribution in [2.75, 3.05) is 33.4 Å². The molecular weight excluding hydrogens is 266 g/mol. The molecule has 0 bridgehead atoms. The third-order valence-electron chi connectivity index (χ3n) is 2.70. The predicted octanol–water partition coefficient (Wildman–Crippen LogP) is 1.88. The molecule has 5 heteroatoms. The highest BCUT2D eigenvalue weighted by Crippen LogP contribution is 2.22. The standard InChI is InChI=1S/C14H22ClNO3/c1-3-11-8-13(4-5-14(11)15)19-10-12(17)9-16-6-7-18-2/h4-5,8,12,16-17H,3,6-7,9-10H2,1-2H3. The molecule has 19 heavy (non-hydrogen) atoms. The Hall–Kier alpha value is -0.810. The first kappa shape index (κ1) is 16.2. The first-order valence-electron chi connectivity index (χ1n) is 6.46. The van der Waals surface area contributed by atoms with E-state index < -0.39 is 6.10 Å². The number of ether oxygens (including phenoxy) is 2. The minimum Gasteiger partial charge on any atom is -0.491 e. The van der Waals surface area contributed by atoms with E-state index in [0.717, 1.165) is 22.8 Å². The van der Waals surface area contributed by atoms with E-state index >= 15 is 0 Å². The maximum atomic E-state index is 9.74. The molecular formula is C14H22ClNO3. The van der Waals surface area contributed by atoms with Crippen LogP contribution in [-0.2, 0) is 11.2 Å². The Kier molecular flexibility index (Phi) is 7.82. The summed E-state index contributed by atoms with van der Waals surface area (Å²) >= 11 is 6.03. The average Bonchev–Trinajstić information content (AvgIpc) is 2.42. The summed E-state index contributed by atoms with van der Waals surface area (Å²) in [7, 11) is 1.65. The van der Waals surface area contributed by atoms with Gasteiger partial charge in [-0.3, -0.25) is 0 Å². The van der Waals surface area contributed by atoms with Crippen molar-refractivity contribution in [3.05, 3.63) is 28.8 Å². The number of nitrogens with one attached hydrogen (secondary N) is 1. The second kappa shape index (κ2) is 9.15. The molecule has 1 unspecified atom stereocenters. The van der Waals surface area contributed by atoms with Gasteiger partial charge in [0, 0.05) is 25.2 Å². The lowest BCUT2D eigenvalue weighted by atomic mass is 10.1. The van der Waals surface area contributed by atoms with Crippen LogP contribution in [0.4, 0.5) is 0 Å². The highest BCUT2D eigenvalue weighted by molar-refractivity contribution is 6.31. The fourth-order valence-electron chi connectivity index (χ4n) is 1.61. The van der Waals surface area contributed by atoms with Crippen molar-refractivity contribution in [2.24, 2.45) is 0 Å². The molecule has 0 radical (unpaired) electrons. The van der Waals surface area contributed by atoms with Crippen LogP contribution in [-0.4, -0.2) is 44.6 Å². The van der Waals surface area contributed by atoms with Gasteiger partial charge in [-0.1, -0.05) is 18.5 Å². The van der Waals surface area contributed by atoms with Crippen LogP contribution in [0.2, 0.25) is 5.02 Å². The normalized spacial score (nSPS) is 12.4. The Labute approximate surface area is 119 Å². The van der Waals surface area contributed by atoms with E-state index in [-0.39, 0.29) is 6.61 Å². The van der Waals surface area contributed by atoms with Crippen molar-refractivity contribution in [1.29, 1.82) is 0 Å². The molecule has 1 atom stereocenters. The topological polar surface area (TPSA) is 50.7 Å². The maximum Gasteiger partial charge on any atom is 0.119 e. The first-order valence-corrected chi connectivity index (χ1v) is 6.84. The summed E-state index contributed by atoms with van der Waals surface area (Å²) in [5.74, 6) is 0.734. The summed E-state index contributed by atoms with van der Waals surface area (Å²) in [6.45, 7) is 4.13. The molecule has 0 saturated carbocycles. The minimum absolute atomic E-state index is 0.255. The van der Waals surface area contributed by atoms with E-state index in [0.29, 0.717) is 19.7 Å². The number of hydrogen-bond donors (Lipinski definition) is 2. The zero-order valence-corrected chi connectivity index (χ0v) is 12.2. The number of benzene rings is 1. The average molecular weight is 288 g/mol. The van der Waals surface area contributed by atoms with Gasteiger partial charge in [0.05, 0.1) is 6.61 Å². The molecule has 108 valence electrons. The monoisotopic (exact) mass is 287 g/mol. The first-order chi connectivity index (χ1) is 9.17. The number of methoxy groups -OCH3 is 1. The Morgan fingerprint density at radius 3 is 2.89 bits per heavy atom. The number of hydrogen-bond acceptors (Lipinski definition) is 4. The fraction of sp³-hybridized carbons (Fsp3) is 0.571. The van der Waals surface area contributed by atoms with Gasteiger partial charge in [0.1, 0.15) is 18.5 Å². The Bertz CT molecular complexity index is 374. The van der Waals surface area contributed by atoms with Crippen LogP contribution >= 0.6 is 11.6 Å². The molecule has 0 aliphatic heterocycles. The number of aliphatic hydroxyl groups is 1. The lowest BCUT2D eigenvalue weighted by molar-refractivity contribution is 0.103. The highest BCUT2D eigenvalue weighted by Gasteiger charge is 2.06. The third kappa shape index (κ3) is 6.25. The second-order valence-electron chi connectivity index (χ2n) is 4.27. The van der Waals surface area contributed by atoms with E-state index in [1.54, 1.807) is 7.11 Å².